The van der Waals surface area contributed by atoms with Crippen molar-refractivity contribution in [1.82, 2.24) is 20.5 Å². The molecule has 0 aliphatic rings. The molecule has 0 saturated heterocycles. The summed E-state index contributed by atoms with van der Waals surface area (Å²) < 4.78 is 4.74. The number of amides is 2. The summed E-state index contributed by atoms with van der Waals surface area (Å²) in [6.07, 6.45) is 2.52. The van der Waals surface area contributed by atoms with Crippen molar-refractivity contribution in [3.05, 3.63) is 41.9 Å². The molecule has 2 rings (SSSR count). The quantitative estimate of drug-likeness (QED) is 0.768. The zero-order valence-electron chi connectivity index (χ0n) is 11.4. The Balaban J connectivity index is 1.97. The van der Waals surface area contributed by atoms with Crippen LogP contribution in [-0.4, -0.2) is 33.8 Å². The number of alkyl carbamates (subject to hydrolysis) is 1. The van der Waals surface area contributed by atoms with Crippen molar-refractivity contribution in [2.24, 2.45) is 0 Å². The van der Waals surface area contributed by atoms with Crippen LogP contribution in [0.2, 0.25) is 0 Å². The molecule has 110 valence electrons. The van der Waals surface area contributed by atoms with Gasteiger partial charge in [-0.25, -0.2) is 4.79 Å². The van der Waals surface area contributed by atoms with Crippen LogP contribution < -0.4 is 10.6 Å². The zero-order chi connectivity index (χ0) is 15.1. The number of aromatic amines is 1. The van der Waals surface area contributed by atoms with E-state index in [1.165, 1.54) is 12.4 Å². The number of hydrogen-bond donors (Lipinski definition) is 3. The van der Waals surface area contributed by atoms with E-state index in [9.17, 15) is 9.59 Å². The molecule has 0 saturated carbocycles. The Hall–Kier alpha value is -2.90. The number of rotatable bonds is 5. The Kier molecular flexibility index (Phi) is 4.86. The number of aromatic nitrogens is 3. The number of nitrogens with zero attached hydrogens (tertiary/aromatic N) is 2. The van der Waals surface area contributed by atoms with Crippen LogP contribution in [-0.2, 0) is 11.3 Å². The summed E-state index contributed by atoms with van der Waals surface area (Å²) in [5.41, 5.74) is 0.987. The number of nitrogens with one attached hydrogen (secondary N) is 3. The van der Waals surface area contributed by atoms with Gasteiger partial charge in [-0.3, -0.25) is 14.9 Å². The third kappa shape index (κ3) is 4.30. The molecule has 0 atom stereocenters. The standard InChI is InChI=1S/C13H15N5O3/c1-2-21-13(20)15-8-10-7-9(3-5-14-10)12(19)17-11-4-6-16-18-11/h3-7H,2,8H2,1H3,(H,15,20)(H2,16,17,18,19). The van der Waals surface area contributed by atoms with Crippen molar-refractivity contribution in [2.75, 3.05) is 11.9 Å². The fraction of sp³-hybridized carbons (Fsp3) is 0.231. The average Bonchev–Trinajstić information content (AvgIpc) is 2.99. The van der Waals surface area contributed by atoms with Gasteiger partial charge in [0.15, 0.2) is 0 Å². The van der Waals surface area contributed by atoms with Crippen molar-refractivity contribution in [2.45, 2.75) is 13.5 Å². The topological polar surface area (TPSA) is 109 Å². The van der Waals surface area contributed by atoms with Crippen molar-refractivity contribution in [3.63, 3.8) is 0 Å². The van der Waals surface area contributed by atoms with E-state index in [-0.39, 0.29) is 12.5 Å². The third-order valence-electron chi connectivity index (χ3n) is 2.52. The summed E-state index contributed by atoms with van der Waals surface area (Å²) in [7, 11) is 0. The van der Waals surface area contributed by atoms with E-state index in [1.54, 1.807) is 25.1 Å². The summed E-state index contributed by atoms with van der Waals surface area (Å²) in [4.78, 5) is 27.3. The third-order valence-corrected chi connectivity index (χ3v) is 2.52. The molecule has 2 aromatic rings. The van der Waals surface area contributed by atoms with E-state index >= 15 is 0 Å². The number of carbonyl (C=O) groups excluding carboxylic acids is 2. The first kappa shape index (κ1) is 14.5. The highest BCUT2D eigenvalue weighted by Gasteiger charge is 2.09. The molecule has 0 fully saturated rings. The molecular formula is C13H15N5O3. The van der Waals surface area contributed by atoms with Crippen molar-refractivity contribution in [3.8, 4) is 0 Å². The number of anilines is 1. The zero-order valence-corrected chi connectivity index (χ0v) is 11.4. The molecule has 2 aromatic heterocycles. The predicted octanol–water partition coefficient (Wildman–Crippen LogP) is 1.30. The van der Waals surface area contributed by atoms with E-state index in [0.29, 0.717) is 23.7 Å². The minimum Gasteiger partial charge on any atom is -0.450 e. The molecule has 0 radical (unpaired) electrons. The second-order valence-corrected chi connectivity index (χ2v) is 4.03. The number of pyridine rings is 1. The highest BCUT2D eigenvalue weighted by atomic mass is 16.5. The van der Waals surface area contributed by atoms with Gasteiger partial charge in [0.2, 0.25) is 0 Å². The monoisotopic (exact) mass is 289 g/mol. The van der Waals surface area contributed by atoms with Crippen LogP contribution in [0.15, 0.2) is 30.6 Å². The Morgan fingerprint density at radius 3 is 2.90 bits per heavy atom. The lowest BCUT2D eigenvalue weighted by atomic mass is 10.2. The first-order valence-corrected chi connectivity index (χ1v) is 6.35. The van der Waals surface area contributed by atoms with Crippen LogP contribution in [0.5, 0.6) is 0 Å². The van der Waals surface area contributed by atoms with Crippen LogP contribution >= 0.6 is 0 Å². The first-order valence-electron chi connectivity index (χ1n) is 6.35. The molecule has 21 heavy (non-hydrogen) atoms. The molecule has 0 spiro atoms. The number of ether oxygens (including phenoxy) is 1. The molecule has 8 nitrogen and oxygen atoms in total. The van der Waals surface area contributed by atoms with Crippen molar-refractivity contribution in [1.29, 1.82) is 0 Å². The van der Waals surface area contributed by atoms with E-state index in [2.05, 4.69) is 25.8 Å². The molecule has 0 bridgehead atoms. The highest BCUT2D eigenvalue weighted by molar-refractivity contribution is 6.03. The molecule has 0 unspecified atom stereocenters. The largest absolute Gasteiger partial charge is 0.450 e. The van der Waals surface area contributed by atoms with E-state index < -0.39 is 6.09 Å². The summed E-state index contributed by atoms with van der Waals surface area (Å²) in [6, 6.07) is 4.82. The van der Waals surface area contributed by atoms with Gasteiger partial charge in [-0.15, -0.1) is 0 Å². The van der Waals surface area contributed by atoms with Crippen molar-refractivity contribution >= 4 is 17.8 Å². The Bertz CT molecular complexity index is 612. The number of H-pyrrole nitrogens is 1. The van der Waals surface area contributed by atoms with Gasteiger partial charge in [0.05, 0.1) is 25.0 Å². The molecular weight excluding hydrogens is 274 g/mol. The molecule has 2 heterocycles. The normalized spacial score (nSPS) is 9.95. The Morgan fingerprint density at radius 1 is 1.33 bits per heavy atom. The molecule has 8 heteroatoms. The maximum Gasteiger partial charge on any atom is 0.407 e. The van der Waals surface area contributed by atoms with Crippen LogP contribution in [0.25, 0.3) is 0 Å². The van der Waals surface area contributed by atoms with Crippen LogP contribution in [0.1, 0.15) is 23.0 Å². The molecule has 0 aliphatic carbocycles. The van der Waals surface area contributed by atoms with Gasteiger partial charge >= 0.3 is 6.09 Å². The minimum absolute atomic E-state index is 0.185. The van der Waals surface area contributed by atoms with Crippen molar-refractivity contribution < 1.29 is 14.3 Å². The lowest BCUT2D eigenvalue weighted by Gasteiger charge is -2.06. The smallest absolute Gasteiger partial charge is 0.407 e. The van der Waals surface area contributed by atoms with Gasteiger partial charge in [-0.1, -0.05) is 0 Å². The summed E-state index contributed by atoms with van der Waals surface area (Å²) >= 11 is 0. The summed E-state index contributed by atoms with van der Waals surface area (Å²) in [5.74, 6) is 0.210. The fourth-order valence-corrected chi connectivity index (χ4v) is 1.58. The highest BCUT2D eigenvalue weighted by Crippen LogP contribution is 2.06. The second kappa shape index (κ2) is 7.04. The van der Waals surface area contributed by atoms with Gasteiger partial charge in [-0.2, -0.15) is 5.10 Å². The minimum atomic E-state index is -0.522. The van der Waals surface area contributed by atoms with Gasteiger partial charge in [0.1, 0.15) is 5.82 Å². The van der Waals surface area contributed by atoms with Gasteiger partial charge in [-0.05, 0) is 19.1 Å². The lowest BCUT2D eigenvalue weighted by molar-refractivity contribution is 0.102. The van der Waals surface area contributed by atoms with Crippen LogP contribution in [0, 0.1) is 0 Å². The van der Waals surface area contributed by atoms with Crippen LogP contribution in [0.4, 0.5) is 10.6 Å². The van der Waals surface area contributed by atoms with E-state index in [4.69, 9.17) is 4.74 Å². The molecule has 0 aromatic carbocycles. The SMILES string of the molecule is CCOC(=O)NCc1cc(C(=O)Nc2ccn[nH]2)ccn1. The van der Waals surface area contributed by atoms with Gasteiger partial charge < -0.3 is 15.4 Å². The van der Waals surface area contributed by atoms with Crippen LogP contribution in [0.3, 0.4) is 0 Å². The number of hydrogen-bond acceptors (Lipinski definition) is 5. The maximum atomic E-state index is 12.0. The van der Waals surface area contributed by atoms with E-state index in [0.717, 1.165) is 0 Å². The second-order valence-electron chi connectivity index (χ2n) is 4.03. The Labute approximate surface area is 120 Å². The Morgan fingerprint density at radius 2 is 2.19 bits per heavy atom. The number of carbonyl (C=O) groups is 2. The summed E-state index contributed by atoms with van der Waals surface area (Å²) in [6.45, 7) is 2.20. The maximum absolute atomic E-state index is 12.0. The van der Waals surface area contributed by atoms with E-state index in [1.807, 2.05) is 0 Å². The fourth-order valence-electron chi connectivity index (χ4n) is 1.58. The van der Waals surface area contributed by atoms with Gasteiger partial charge in [0.25, 0.3) is 5.91 Å². The molecule has 2 amide bonds. The summed E-state index contributed by atoms with van der Waals surface area (Å²) in [5, 5.41) is 11.6. The molecule has 3 N–H and O–H groups in total. The lowest BCUT2D eigenvalue weighted by Crippen LogP contribution is -2.24. The predicted molar refractivity (Wildman–Crippen MR) is 74.6 cm³/mol. The molecule has 0 aliphatic heterocycles. The van der Waals surface area contributed by atoms with Gasteiger partial charge in [0, 0.05) is 17.8 Å². The first-order chi connectivity index (χ1) is 10.2. The average molecular weight is 289 g/mol.